The van der Waals surface area contributed by atoms with Gasteiger partial charge in [0.1, 0.15) is 5.60 Å². The van der Waals surface area contributed by atoms with E-state index in [-0.39, 0.29) is 12.1 Å². The molecule has 0 spiro atoms. The molecule has 1 aliphatic carbocycles. The van der Waals surface area contributed by atoms with Gasteiger partial charge in [-0.1, -0.05) is 30.3 Å². The van der Waals surface area contributed by atoms with E-state index in [4.69, 9.17) is 4.74 Å². The average Bonchev–Trinajstić information content (AvgIpc) is 3.02. The molecule has 4 nitrogen and oxygen atoms in total. The summed E-state index contributed by atoms with van der Waals surface area (Å²) in [7, 11) is 0. The highest BCUT2D eigenvalue weighted by molar-refractivity contribution is 5.68. The van der Waals surface area contributed by atoms with Gasteiger partial charge in [0, 0.05) is 12.6 Å². The number of piperidine rings is 1. The molecule has 1 aromatic carbocycles. The normalized spacial score (nSPS) is 24.7. The van der Waals surface area contributed by atoms with Crippen molar-refractivity contribution in [2.45, 2.75) is 70.9 Å². The van der Waals surface area contributed by atoms with E-state index < -0.39 is 5.60 Å². The Morgan fingerprint density at radius 3 is 2.44 bits per heavy atom. The van der Waals surface area contributed by atoms with Crippen LogP contribution in [0.25, 0.3) is 0 Å². The highest BCUT2D eigenvalue weighted by Gasteiger charge is 2.30. The molecule has 2 aliphatic rings. The van der Waals surface area contributed by atoms with Crippen LogP contribution in [0.15, 0.2) is 30.3 Å². The Hall–Kier alpha value is -1.55. The topological polar surface area (TPSA) is 41.6 Å². The van der Waals surface area contributed by atoms with Crippen molar-refractivity contribution in [3.05, 3.63) is 35.9 Å². The lowest BCUT2D eigenvalue weighted by atomic mass is 9.90. The van der Waals surface area contributed by atoms with Crippen LogP contribution >= 0.6 is 0 Å². The minimum absolute atomic E-state index is 0.269. The third-order valence-corrected chi connectivity index (χ3v) is 5.85. The van der Waals surface area contributed by atoms with Crippen molar-refractivity contribution in [2.75, 3.05) is 19.6 Å². The zero-order valence-corrected chi connectivity index (χ0v) is 17.2. The highest BCUT2D eigenvalue weighted by atomic mass is 16.6. The van der Waals surface area contributed by atoms with Crippen molar-refractivity contribution in [1.29, 1.82) is 0 Å². The summed E-state index contributed by atoms with van der Waals surface area (Å²) in [6, 6.07) is 11.2. The van der Waals surface area contributed by atoms with Crippen molar-refractivity contribution >= 4 is 6.09 Å². The quantitative estimate of drug-likeness (QED) is 0.819. The van der Waals surface area contributed by atoms with E-state index in [0.29, 0.717) is 5.92 Å². The van der Waals surface area contributed by atoms with Gasteiger partial charge >= 0.3 is 6.09 Å². The molecule has 4 heteroatoms. The van der Waals surface area contributed by atoms with E-state index in [1.165, 1.54) is 50.9 Å². The molecule has 0 radical (unpaired) electrons. The van der Waals surface area contributed by atoms with E-state index in [2.05, 4.69) is 40.5 Å². The number of ether oxygens (including phenoxy) is 1. The molecule has 0 bridgehead atoms. The standard InChI is InChI=1S/C23H36N2O2/c1-23(2,3)27-22(26)24-21-10-9-20(16-21)17-25-13-11-19(12-14-25)15-18-7-5-4-6-8-18/h4-8,19-21H,9-17H2,1-3H3,(H,24,26). The summed E-state index contributed by atoms with van der Waals surface area (Å²) in [6.07, 6.45) is 6.94. The van der Waals surface area contributed by atoms with Crippen LogP contribution in [-0.2, 0) is 11.2 Å². The molecule has 2 atom stereocenters. The van der Waals surface area contributed by atoms with Crippen molar-refractivity contribution in [3.63, 3.8) is 0 Å². The number of rotatable bonds is 5. The Kier molecular flexibility index (Phi) is 6.80. The second-order valence-corrected chi connectivity index (χ2v) is 9.46. The minimum atomic E-state index is -0.424. The summed E-state index contributed by atoms with van der Waals surface area (Å²) in [6.45, 7) is 9.35. The lowest BCUT2D eigenvalue weighted by Crippen LogP contribution is -2.39. The van der Waals surface area contributed by atoms with Crippen LogP contribution in [0, 0.1) is 11.8 Å². The van der Waals surface area contributed by atoms with Crippen LogP contribution in [-0.4, -0.2) is 42.3 Å². The van der Waals surface area contributed by atoms with Gasteiger partial charge in [0.2, 0.25) is 0 Å². The van der Waals surface area contributed by atoms with Crippen molar-refractivity contribution in [1.82, 2.24) is 10.2 Å². The minimum Gasteiger partial charge on any atom is -0.444 e. The smallest absolute Gasteiger partial charge is 0.407 e. The van der Waals surface area contributed by atoms with Gasteiger partial charge < -0.3 is 15.0 Å². The van der Waals surface area contributed by atoms with Gasteiger partial charge in [0.05, 0.1) is 0 Å². The van der Waals surface area contributed by atoms with Gasteiger partial charge in [-0.25, -0.2) is 4.79 Å². The number of carbonyl (C=O) groups excluding carboxylic acids is 1. The maximum atomic E-state index is 12.0. The third kappa shape index (κ3) is 6.84. The van der Waals surface area contributed by atoms with Crippen LogP contribution in [0.5, 0.6) is 0 Å². The van der Waals surface area contributed by atoms with Crippen LogP contribution < -0.4 is 5.32 Å². The number of alkyl carbamates (subject to hydrolysis) is 1. The third-order valence-electron chi connectivity index (χ3n) is 5.85. The molecule has 1 heterocycles. The maximum absolute atomic E-state index is 12.0. The van der Waals surface area contributed by atoms with Crippen LogP contribution in [0.1, 0.15) is 58.4 Å². The predicted molar refractivity (Wildman–Crippen MR) is 110 cm³/mol. The zero-order valence-electron chi connectivity index (χ0n) is 17.2. The molecule has 0 aromatic heterocycles. The Labute approximate surface area is 164 Å². The van der Waals surface area contributed by atoms with Gasteiger partial charge in [-0.15, -0.1) is 0 Å². The molecule has 27 heavy (non-hydrogen) atoms. The molecule has 150 valence electrons. The van der Waals surface area contributed by atoms with Crippen molar-refractivity contribution in [2.24, 2.45) is 11.8 Å². The van der Waals surface area contributed by atoms with Crippen LogP contribution in [0.3, 0.4) is 0 Å². The fourth-order valence-electron chi connectivity index (χ4n) is 4.53. The summed E-state index contributed by atoms with van der Waals surface area (Å²) < 4.78 is 5.38. The number of nitrogens with zero attached hydrogens (tertiary/aromatic N) is 1. The second kappa shape index (κ2) is 9.09. The van der Waals surface area contributed by atoms with Gasteiger partial charge in [-0.05, 0) is 89.8 Å². The lowest BCUT2D eigenvalue weighted by Gasteiger charge is -2.33. The van der Waals surface area contributed by atoms with E-state index in [0.717, 1.165) is 18.8 Å². The highest BCUT2D eigenvalue weighted by Crippen LogP contribution is 2.29. The predicted octanol–water partition coefficient (Wildman–Crippen LogP) is 4.63. The molecule has 3 rings (SSSR count). The largest absolute Gasteiger partial charge is 0.444 e. The van der Waals surface area contributed by atoms with E-state index >= 15 is 0 Å². The van der Waals surface area contributed by atoms with Crippen LogP contribution in [0.4, 0.5) is 4.79 Å². The first-order valence-corrected chi connectivity index (χ1v) is 10.6. The molecule has 2 unspecified atom stereocenters. The van der Waals surface area contributed by atoms with Gasteiger partial charge in [0.25, 0.3) is 0 Å². The summed E-state index contributed by atoms with van der Waals surface area (Å²) in [5.74, 6) is 1.53. The Morgan fingerprint density at radius 1 is 1.07 bits per heavy atom. The number of benzene rings is 1. The van der Waals surface area contributed by atoms with E-state index in [9.17, 15) is 4.79 Å². The number of nitrogens with one attached hydrogen (secondary N) is 1. The number of carbonyl (C=O) groups is 1. The van der Waals surface area contributed by atoms with Crippen LogP contribution in [0.2, 0.25) is 0 Å². The first-order chi connectivity index (χ1) is 12.9. The summed E-state index contributed by atoms with van der Waals surface area (Å²) in [5, 5.41) is 3.06. The molecule has 1 saturated heterocycles. The molecule has 1 aromatic rings. The monoisotopic (exact) mass is 372 g/mol. The fraction of sp³-hybridized carbons (Fsp3) is 0.696. The first kappa shape index (κ1) is 20.2. The van der Waals surface area contributed by atoms with Gasteiger partial charge in [-0.3, -0.25) is 0 Å². The number of likely N-dealkylation sites (tertiary alicyclic amines) is 1. The number of hydrogen-bond donors (Lipinski definition) is 1. The maximum Gasteiger partial charge on any atom is 0.407 e. The molecule has 1 N–H and O–H groups in total. The Balaban J connectivity index is 1.34. The van der Waals surface area contributed by atoms with E-state index in [1.54, 1.807) is 0 Å². The van der Waals surface area contributed by atoms with E-state index in [1.807, 2.05) is 20.8 Å². The van der Waals surface area contributed by atoms with Crippen molar-refractivity contribution in [3.8, 4) is 0 Å². The first-order valence-electron chi connectivity index (χ1n) is 10.6. The summed E-state index contributed by atoms with van der Waals surface area (Å²) in [4.78, 5) is 14.6. The Morgan fingerprint density at radius 2 is 1.78 bits per heavy atom. The Bertz CT molecular complexity index is 588. The molecule has 1 amide bonds. The molecule has 2 fully saturated rings. The summed E-state index contributed by atoms with van der Waals surface area (Å²) in [5.41, 5.74) is 1.05. The summed E-state index contributed by atoms with van der Waals surface area (Å²) >= 11 is 0. The van der Waals surface area contributed by atoms with Gasteiger partial charge in [0.15, 0.2) is 0 Å². The zero-order chi connectivity index (χ0) is 19.3. The van der Waals surface area contributed by atoms with Crippen molar-refractivity contribution < 1.29 is 9.53 Å². The molecular formula is C23H36N2O2. The molecule has 1 saturated carbocycles. The number of hydrogen-bond acceptors (Lipinski definition) is 3. The number of amides is 1. The van der Waals surface area contributed by atoms with Gasteiger partial charge in [-0.2, -0.15) is 0 Å². The fourth-order valence-corrected chi connectivity index (χ4v) is 4.53. The molecule has 1 aliphatic heterocycles. The second-order valence-electron chi connectivity index (χ2n) is 9.46. The average molecular weight is 373 g/mol. The lowest BCUT2D eigenvalue weighted by molar-refractivity contribution is 0.0504. The molecular weight excluding hydrogens is 336 g/mol. The SMILES string of the molecule is CC(C)(C)OC(=O)NC1CCC(CN2CCC(Cc3ccccc3)CC2)C1.